The molecule has 0 aromatic heterocycles. The molecule has 9 nitrogen and oxygen atoms in total. The molecular weight excluding hydrogens is 1050 g/mol. The van der Waals surface area contributed by atoms with Crippen LogP contribution in [0.25, 0.3) is 22.3 Å². The average molecular weight is 1130 g/mol. The number of carboxylic acid groups (broad SMARTS) is 1. The third-order valence-corrected chi connectivity index (χ3v) is 13.0. The molecule has 424 valence electrons. The number of aliphatic carboxylic acids is 1. The van der Waals surface area contributed by atoms with Gasteiger partial charge in [-0.1, -0.05) is 250 Å². The number of amides is 1. The van der Waals surface area contributed by atoms with Gasteiger partial charge in [0.05, 0.1) is 12.8 Å². The highest BCUT2D eigenvalue weighted by Gasteiger charge is 2.12. The molecule has 0 aliphatic heterocycles. The third-order valence-electron chi connectivity index (χ3n) is 13.0. The molecule has 0 saturated carbocycles. The van der Waals surface area contributed by atoms with Gasteiger partial charge in [-0.05, 0) is 110 Å². The van der Waals surface area contributed by atoms with Gasteiger partial charge in [0.2, 0.25) is 5.91 Å². The molecule has 0 radical (unpaired) electrons. The fraction of sp³-hybridized carbons (Fsp3) is 0.151. The molecule has 4 N–H and O–H groups in total. The summed E-state index contributed by atoms with van der Waals surface area (Å²) in [6, 6.07) is 88.5. The van der Waals surface area contributed by atoms with Gasteiger partial charge in [-0.2, -0.15) is 0 Å². The topological polar surface area (TPSA) is 129 Å². The number of hydrogen-bond acceptors (Lipinski definition) is 7. The quantitative estimate of drug-likeness (QED) is 0.0578. The van der Waals surface area contributed by atoms with E-state index in [0.717, 1.165) is 79.1 Å². The van der Waals surface area contributed by atoms with Crippen molar-refractivity contribution in [3.05, 3.63) is 311 Å². The van der Waals surface area contributed by atoms with E-state index in [-0.39, 0.29) is 32.2 Å². The fourth-order valence-electron chi connectivity index (χ4n) is 8.65. The molecule has 10 aromatic carbocycles. The second-order valence-electron chi connectivity index (χ2n) is 19.2. The Morgan fingerprint density at radius 3 is 1.00 bits per heavy atom. The minimum Gasteiger partial charge on any atom is -0.485 e. The number of halogens is 1. The number of nitrogens with one attached hydrogen (secondary N) is 1. The van der Waals surface area contributed by atoms with E-state index in [1.165, 1.54) is 5.56 Å². The lowest BCUT2D eigenvalue weighted by atomic mass is 10.0. The molecule has 0 aliphatic rings. The van der Waals surface area contributed by atoms with Crippen LogP contribution in [0.1, 0.15) is 51.9 Å². The summed E-state index contributed by atoms with van der Waals surface area (Å²) in [5, 5.41) is 11.7. The Morgan fingerprint density at radius 2 is 0.651 bits per heavy atom. The Balaban J connectivity index is 0.000000219. The van der Waals surface area contributed by atoms with E-state index < -0.39 is 5.97 Å². The van der Waals surface area contributed by atoms with Gasteiger partial charge in [0, 0.05) is 6.54 Å². The van der Waals surface area contributed by atoms with E-state index in [2.05, 4.69) is 29.6 Å². The molecule has 0 unspecified atom stereocenters. The standard InChI is InChI=1S/C36H33NO3.C22H23NO2.C14H12O2.CH4.ClH/c38-36(25-28-16-19-33(20-17-28)32-14-8-3-9-15-32)37-23-22-29-18-21-34(39-26-30-10-4-1-5-11-30)35(24-29)40-27-31-12-6-2-7-13-31;23-14-13-18-11-12-21(24-16-19-7-3-1-4-8-19)22(15-18)25-17-20-9-5-2-6-10-20;15-14(16)10-11-6-8-13(9-7-11)12-4-2-1-3-5-12;;/h1-21,24H,22-23,25-27H2,(H,37,38);1-12,15H,13-14,16-17,23H2;1-9H,10H2,(H,15,16);1H4;1H. The maximum Gasteiger partial charge on any atom is 0.307 e. The largest absolute Gasteiger partial charge is 0.485 e. The predicted molar refractivity (Wildman–Crippen MR) is 338 cm³/mol. The Hall–Kier alpha value is -9.41. The first kappa shape index (κ1) is 62.8. The van der Waals surface area contributed by atoms with Crippen LogP contribution in [0.15, 0.2) is 267 Å². The van der Waals surface area contributed by atoms with Gasteiger partial charge in [0.15, 0.2) is 23.0 Å². The van der Waals surface area contributed by atoms with Crippen molar-refractivity contribution in [2.75, 3.05) is 13.1 Å². The predicted octanol–water partition coefficient (Wildman–Crippen LogP) is 15.8. The van der Waals surface area contributed by atoms with Crippen molar-refractivity contribution >= 4 is 24.3 Å². The normalized spacial score (nSPS) is 10.2. The molecule has 0 fully saturated rings. The van der Waals surface area contributed by atoms with Gasteiger partial charge in [-0.15, -0.1) is 12.4 Å². The van der Waals surface area contributed by atoms with E-state index in [0.29, 0.717) is 63.9 Å². The van der Waals surface area contributed by atoms with Gasteiger partial charge >= 0.3 is 5.97 Å². The molecule has 1 amide bonds. The third kappa shape index (κ3) is 21.5. The van der Waals surface area contributed by atoms with Crippen LogP contribution in [0.5, 0.6) is 23.0 Å². The molecule has 10 rings (SSSR count). The monoisotopic (exact) mass is 1120 g/mol. The molecule has 10 heteroatoms. The number of benzene rings is 10. The van der Waals surface area contributed by atoms with Crippen LogP contribution in [-0.2, 0) is 61.7 Å². The van der Waals surface area contributed by atoms with E-state index >= 15 is 0 Å². The van der Waals surface area contributed by atoms with Crippen molar-refractivity contribution in [3.8, 4) is 45.3 Å². The number of nitrogens with two attached hydrogens (primary N) is 1. The van der Waals surface area contributed by atoms with Crippen molar-refractivity contribution in [3.63, 3.8) is 0 Å². The van der Waals surface area contributed by atoms with Crippen molar-refractivity contribution in [2.45, 2.75) is 59.5 Å². The Kier molecular flexibility index (Phi) is 26.2. The molecule has 0 heterocycles. The Labute approximate surface area is 495 Å². The number of carbonyl (C=O) groups excluding carboxylic acids is 1. The summed E-state index contributed by atoms with van der Waals surface area (Å²) in [7, 11) is 0. The lowest BCUT2D eigenvalue weighted by Gasteiger charge is -2.15. The second kappa shape index (κ2) is 34.7. The molecule has 83 heavy (non-hydrogen) atoms. The first-order valence-electron chi connectivity index (χ1n) is 27.2. The maximum absolute atomic E-state index is 12.6. The van der Waals surface area contributed by atoms with Crippen LogP contribution in [0.4, 0.5) is 0 Å². The van der Waals surface area contributed by atoms with Crippen LogP contribution in [0.2, 0.25) is 0 Å². The average Bonchev–Trinajstić information content (AvgIpc) is 3.55. The summed E-state index contributed by atoms with van der Waals surface area (Å²) in [5.74, 6) is 2.11. The molecule has 0 aliphatic carbocycles. The Morgan fingerprint density at radius 1 is 0.349 bits per heavy atom. The number of hydrogen-bond donors (Lipinski definition) is 3. The fourth-order valence-corrected chi connectivity index (χ4v) is 8.65. The van der Waals surface area contributed by atoms with E-state index in [1.54, 1.807) is 0 Å². The smallest absolute Gasteiger partial charge is 0.307 e. The summed E-state index contributed by atoms with van der Waals surface area (Å²) in [6.07, 6.45) is 1.95. The van der Waals surface area contributed by atoms with Crippen molar-refractivity contribution in [1.29, 1.82) is 0 Å². The number of carboxylic acids is 1. The molecule has 0 saturated heterocycles. The zero-order chi connectivity index (χ0) is 56.1. The number of ether oxygens (including phenoxy) is 4. The van der Waals surface area contributed by atoms with Gasteiger partial charge in [0.1, 0.15) is 26.4 Å². The summed E-state index contributed by atoms with van der Waals surface area (Å²) >= 11 is 0. The first-order valence-corrected chi connectivity index (χ1v) is 27.2. The van der Waals surface area contributed by atoms with Crippen LogP contribution in [0, 0.1) is 0 Å². The molecule has 10 aromatic rings. The van der Waals surface area contributed by atoms with E-state index in [1.807, 2.05) is 243 Å². The lowest BCUT2D eigenvalue weighted by Crippen LogP contribution is -2.27. The van der Waals surface area contributed by atoms with Gasteiger partial charge < -0.3 is 35.1 Å². The summed E-state index contributed by atoms with van der Waals surface area (Å²) in [5.41, 5.74) is 18.7. The minimum absolute atomic E-state index is 0. The highest BCUT2D eigenvalue weighted by Crippen LogP contribution is 2.32. The second-order valence-corrected chi connectivity index (χ2v) is 19.2. The first-order chi connectivity index (χ1) is 39.8. The number of carbonyl (C=O) groups is 2. The van der Waals surface area contributed by atoms with E-state index in [9.17, 15) is 9.59 Å². The molecule has 0 spiro atoms. The van der Waals surface area contributed by atoms with Crippen molar-refractivity contribution < 1.29 is 33.6 Å². The molecular formula is C73H73ClN2O7. The highest BCUT2D eigenvalue weighted by molar-refractivity contribution is 5.85. The van der Waals surface area contributed by atoms with Crippen LogP contribution >= 0.6 is 12.4 Å². The maximum atomic E-state index is 12.6. The lowest BCUT2D eigenvalue weighted by molar-refractivity contribution is -0.136. The van der Waals surface area contributed by atoms with Crippen LogP contribution in [0.3, 0.4) is 0 Å². The highest BCUT2D eigenvalue weighted by atomic mass is 35.5. The zero-order valence-corrected chi connectivity index (χ0v) is 46.7. The minimum atomic E-state index is -0.799. The van der Waals surface area contributed by atoms with Crippen molar-refractivity contribution in [1.82, 2.24) is 5.32 Å². The summed E-state index contributed by atoms with van der Waals surface area (Å²) < 4.78 is 24.3. The van der Waals surface area contributed by atoms with Gasteiger partial charge in [0.25, 0.3) is 0 Å². The van der Waals surface area contributed by atoms with Gasteiger partial charge in [-0.3, -0.25) is 9.59 Å². The SMILES string of the molecule is C.Cl.NCCc1ccc(OCc2ccccc2)c(OCc2ccccc2)c1.O=C(Cc1ccc(-c2ccccc2)cc1)NCCc1ccc(OCc2ccccc2)c(OCc2ccccc2)c1.O=C(O)Cc1ccc(-c2ccccc2)cc1. The number of rotatable bonds is 23. The Bertz CT molecular complexity index is 3430. The van der Waals surface area contributed by atoms with Crippen molar-refractivity contribution in [2.24, 2.45) is 5.73 Å². The molecule has 0 bridgehead atoms. The summed E-state index contributed by atoms with van der Waals surface area (Å²) in [4.78, 5) is 23.1. The zero-order valence-electron chi connectivity index (χ0n) is 45.9. The van der Waals surface area contributed by atoms with E-state index in [4.69, 9.17) is 29.8 Å². The van der Waals surface area contributed by atoms with Crippen LogP contribution in [-0.4, -0.2) is 30.1 Å². The molecule has 0 atom stereocenters. The van der Waals surface area contributed by atoms with Gasteiger partial charge in [-0.25, -0.2) is 0 Å². The van der Waals surface area contributed by atoms with Crippen LogP contribution < -0.4 is 30.0 Å². The summed E-state index contributed by atoms with van der Waals surface area (Å²) in [6.45, 7) is 3.09.